The van der Waals surface area contributed by atoms with Gasteiger partial charge in [-0.15, -0.1) is 5.10 Å². The van der Waals surface area contributed by atoms with E-state index in [1.165, 1.54) is 0 Å². The fourth-order valence-electron chi connectivity index (χ4n) is 1.56. The van der Waals surface area contributed by atoms with Crippen molar-refractivity contribution in [1.82, 2.24) is 14.9 Å². The molecule has 9 heteroatoms. The third-order valence-electron chi connectivity index (χ3n) is 2.54. The van der Waals surface area contributed by atoms with Gasteiger partial charge in [0.15, 0.2) is 0 Å². The topological polar surface area (TPSA) is 112 Å². The summed E-state index contributed by atoms with van der Waals surface area (Å²) >= 11 is 1.03. The molecule has 0 saturated heterocycles. The fraction of sp³-hybridized carbons (Fsp3) is 0.231. The Bertz CT molecular complexity index is 702. The van der Waals surface area contributed by atoms with Crippen LogP contribution in [0.3, 0.4) is 0 Å². The summed E-state index contributed by atoms with van der Waals surface area (Å²) in [5.74, 6) is 6.05. The zero-order valence-electron chi connectivity index (χ0n) is 11.9. The maximum absolute atomic E-state index is 11.9. The minimum absolute atomic E-state index is 0.0581. The molecule has 1 heterocycles. The molecule has 2 rings (SSSR count). The van der Waals surface area contributed by atoms with Crippen molar-refractivity contribution in [2.75, 3.05) is 23.5 Å². The first kappa shape index (κ1) is 15.8. The average Bonchev–Trinajstić information content (AvgIpc) is 2.51. The van der Waals surface area contributed by atoms with Gasteiger partial charge >= 0.3 is 0 Å². The van der Waals surface area contributed by atoms with Gasteiger partial charge in [0.2, 0.25) is 11.1 Å². The van der Waals surface area contributed by atoms with E-state index >= 15 is 0 Å². The molecule has 3 N–H and O–H groups in total. The first-order chi connectivity index (χ1) is 10.6. The third kappa shape index (κ3) is 4.22. The highest BCUT2D eigenvalue weighted by Gasteiger charge is 2.08. The summed E-state index contributed by atoms with van der Waals surface area (Å²) in [6.45, 7) is 2.48. The van der Waals surface area contributed by atoms with Gasteiger partial charge in [0.1, 0.15) is 11.9 Å². The number of benzene rings is 1. The van der Waals surface area contributed by atoms with Gasteiger partial charge in [0, 0.05) is 5.69 Å². The van der Waals surface area contributed by atoms with E-state index in [1.807, 2.05) is 6.92 Å². The maximum Gasteiger partial charge on any atom is 0.291 e. The lowest BCUT2D eigenvalue weighted by molar-refractivity contribution is -0.113. The number of aromatic nitrogens is 3. The Labute approximate surface area is 130 Å². The predicted octanol–water partition coefficient (Wildman–Crippen LogP) is 0.482. The smallest absolute Gasteiger partial charge is 0.291 e. The van der Waals surface area contributed by atoms with E-state index in [9.17, 15) is 9.59 Å². The van der Waals surface area contributed by atoms with Crippen molar-refractivity contribution in [3.8, 4) is 5.75 Å². The van der Waals surface area contributed by atoms with Gasteiger partial charge in [0.05, 0.1) is 12.4 Å². The van der Waals surface area contributed by atoms with Crippen LogP contribution in [0.25, 0.3) is 0 Å². The average molecular weight is 321 g/mol. The second kappa shape index (κ2) is 7.46. The van der Waals surface area contributed by atoms with Crippen LogP contribution in [0.4, 0.5) is 5.69 Å². The number of nitrogens with two attached hydrogens (primary N) is 1. The van der Waals surface area contributed by atoms with Crippen LogP contribution < -0.4 is 21.5 Å². The summed E-state index contributed by atoms with van der Waals surface area (Å²) in [6.07, 6.45) is 1.00. The monoisotopic (exact) mass is 321 g/mol. The zero-order valence-corrected chi connectivity index (χ0v) is 12.7. The summed E-state index contributed by atoms with van der Waals surface area (Å²) < 4.78 is 6.17. The van der Waals surface area contributed by atoms with E-state index in [0.717, 1.165) is 28.4 Å². The number of thioether (sulfide) groups is 1. The molecular formula is C13H15N5O3S. The van der Waals surface area contributed by atoms with Crippen LogP contribution in [0.5, 0.6) is 5.75 Å². The first-order valence-corrected chi connectivity index (χ1v) is 7.44. The van der Waals surface area contributed by atoms with Crippen molar-refractivity contribution >= 4 is 23.4 Å². The standard InChI is InChI=1S/C13H15N5O3S/c1-2-21-10-5-3-9(4-6-10)16-11(19)8-22-13-17-15-7-12(20)18(13)14/h3-7H,2,8,14H2,1H3,(H,16,19). The Balaban J connectivity index is 1.90. The Morgan fingerprint density at radius 3 is 2.82 bits per heavy atom. The molecule has 1 aromatic carbocycles. The Morgan fingerprint density at radius 1 is 1.41 bits per heavy atom. The Hall–Kier alpha value is -2.55. The van der Waals surface area contributed by atoms with Crippen LogP contribution in [0.1, 0.15) is 6.92 Å². The van der Waals surface area contributed by atoms with E-state index in [-0.39, 0.29) is 16.8 Å². The van der Waals surface area contributed by atoms with Crippen LogP contribution in [-0.4, -0.2) is 33.1 Å². The van der Waals surface area contributed by atoms with Crippen molar-refractivity contribution in [3.05, 3.63) is 40.8 Å². The largest absolute Gasteiger partial charge is 0.494 e. The molecule has 0 spiro atoms. The molecule has 0 bridgehead atoms. The molecule has 1 amide bonds. The minimum atomic E-state index is -0.482. The number of nitrogens with one attached hydrogen (secondary N) is 1. The quantitative estimate of drug-likeness (QED) is 0.588. The molecule has 1 aromatic heterocycles. The lowest BCUT2D eigenvalue weighted by Gasteiger charge is -2.07. The van der Waals surface area contributed by atoms with Gasteiger partial charge in [-0.05, 0) is 31.2 Å². The lowest BCUT2D eigenvalue weighted by Crippen LogP contribution is -2.30. The number of nitrogens with zero attached hydrogens (tertiary/aromatic N) is 3. The molecule has 0 aliphatic rings. The Morgan fingerprint density at radius 2 is 2.14 bits per heavy atom. The van der Waals surface area contributed by atoms with E-state index in [1.54, 1.807) is 24.3 Å². The number of carbonyl (C=O) groups is 1. The summed E-state index contributed by atoms with van der Waals surface area (Å²) in [5.41, 5.74) is 0.169. The summed E-state index contributed by atoms with van der Waals surface area (Å²) in [5, 5.41) is 10.1. The number of hydrogen-bond donors (Lipinski definition) is 2. The molecule has 0 fully saturated rings. The lowest BCUT2D eigenvalue weighted by atomic mass is 10.3. The highest BCUT2D eigenvalue weighted by molar-refractivity contribution is 7.99. The number of carbonyl (C=O) groups excluding carboxylic acids is 1. The number of hydrogen-bond acceptors (Lipinski definition) is 7. The highest BCUT2D eigenvalue weighted by Crippen LogP contribution is 2.16. The molecule has 0 radical (unpaired) electrons. The molecule has 0 aliphatic carbocycles. The molecule has 0 saturated carbocycles. The molecule has 2 aromatic rings. The van der Waals surface area contributed by atoms with Gasteiger partial charge in [-0.3, -0.25) is 9.59 Å². The van der Waals surface area contributed by atoms with Crippen LogP contribution in [0, 0.1) is 0 Å². The molecule has 116 valence electrons. The molecule has 8 nitrogen and oxygen atoms in total. The van der Waals surface area contributed by atoms with E-state index in [4.69, 9.17) is 10.6 Å². The van der Waals surface area contributed by atoms with Gasteiger partial charge in [-0.25, -0.2) is 0 Å². The second-order valence-electron chi connectivity index (χ2n) is 4.13. The van der Waals surface area contributed by atoms with E-state index < -0.39 is 5.56 Å². The first-order valence-electron chi connectivity index (χ1n) is 6.45. The van der Waals surface area contributed by atoms with Crippen molar-refractivity contribution in [1.29, 1.82) is 0 Å². The molecule has 0 aliphatic heterocycles. The van der Waals surface area contributed by atoms with Gasteiger partial charge < -0.3 is 15.9 Å². The normalized spacial score (nSPS) is 10.2. The highest BCUT2D eigenvalue weighted by atomic mass is 32.2. The van der Waals surface area contributed by atoms with Crippen molar-refractivity contribution in [2.45, 2.75) is 12.1 Å². The van der Waals surface area contributed by atoms with Crippen molar-refractivity contribution in [3.63, 3.8) is 0 Å². The van der Waals surface area contributed by atoms with Crippen LogP contribution in [0.15, 0.2) is 40.4 Å². The number of ether oxygens (including phenoxy) is 1. The Kier molecular flexibility index (Phi) is 5.37. The second-order valence-corrected chi connectivity index (χ2v) is 5.07. The van der Waals surface area contributed by atoms with Crippen LogP contribution >= 0.6 is 11.8 Å². The molecule has 0 unspecified atom stereocenters. The van der Waals surface area contributed by atoms with Gasteiger partial charge in [-0.2, -0.15) is 9.77 Å². The summed E-state index contributed by atoms with van der Waals surface area (Å²) in [6, 6.07) is 7.03. The number of amides is 1. The summed E-state index contributed by atoms with van der Waals surface area (Å²) in [4.78, 5) is 23.1. The number of anilines is 1. The van der Waals surface area contributed by atoms with Gasteiger partial charge in [-0.1, -0.05) is 11.8 Å². The zero-order chi connectivity index (χ0) is 15.9. The predicted molar refractivity (Wildman–Crippen MR) is 83.4 cm³/mol. The molecular weight excluding hydrogens is 306 g/mol. The number of rotatable bonds is 6. The number of nitrogen functional groups attached to an aromatic ring is 1. The van der Waals surface area contributed by atoms with E-state index in [0.29, 0.717) is 12.3 Å². The van der Waals surface area contributed by atoms with Crippen LogP contribution in [-0.2, 0) is 4.79 Å². The van der Waals surface area contributed by atoms with Crippen molar-refractivity contribution in [2.24, 2.45) is 0 Å². The maximum atomic E-state index is 11.9. The van der Waals surface area contributed by atoms with Crippen LogP contribution in [0.2, 0.25) is 0 Å². The fourth-order valence-corrected chi connectivity index (χ4v) is 2.23. The minimum Gasteiger partial charge on any atom is -0.494 e. The summed E-state index contributed by atoms with van der Waals surface area (Å²) in [7, 11) is 0. The van der Waals surface area contributed by atoms with Gasteiger partial charge in [0.25, 0.3) is 5.56 Å². The SMILES string of the molecule is CCOc1ccc(NC(=O)CSc2nncc(=O)n2N)cc1. The molecule has 0 atom stereocenters. The third-order valence-corrected chi connectivity index (χ3v) is 3.48. The molecule has 22 heavy (non-hydrogen) atoms. The van der Waals surface area contributed by atoms with E-state index in [2.05, 4.69) is 15.5 Å². The van der Waals surface area contributed by atoms with Crippen molar-refractivity contribution < 1.29 is 9.53 Å².